The van der Waals surface area contributed by atoms with Gasteiger partial charge >= 0.3 is 0 Å². The predicted molar refractivity (Wildman–Crippen MR) is 134 cm³/mol. The van der Waals surface area contributed by atoms with Gasteiger partial charge in [-0.3, -0.25) is 0 Å². The van der Waals surface area contributed by atoms with Crippen LogP contribution < -0.4 is 0 Å². The summed E-state index contributed by atoms with van der Waals surface area (Å²) < 4.78 is 19.7. The second-order valence-corrected chi connectivity index (χ2v) is 11.2. The Balaban J connectivity index is 1.47. The lowest BCUT2D eigenvalue weighted by Gasteiger charge is -2.52. The van der Waals surface area contributed by atoms with E-state index in [4.69, 9.17) is 14.2 Å². The van der Waals surface area contributed by atoms with Gasteiger partial charge in [0.1, 0.15) is 5.60 Å². The number of hydrogen-bond acceptors (Lipinski definition) is 5. The van der Waals surface area contributed by atoms with Crippen LogP contribution in [0.1, 0.15) is 31.4 Å². The van der Waals surface area contributed by atoms with Gasteiger partial charge in [-0.2, -0.15) is 0 Å². The second-order valence-electron chi connectivity index (χ2n) is 9.89. The van der Waals surface area contributed by atoms with E-state index in [0.717, 1.165) is 11.1 Å². The van der Waals surface area contributed by atoms with Crippen molar-refractivity contribution in [2.24, 2.45) is 17.8 Å². The van der Waals surface area contributed by atoms with E-state index in [1.165, 1.54) is 0 Å². The number of benzene rings is 2. The van der Waals surface area contributed by atoms with Crippen molar-refractivity contribution >= 4 is 22.6 Å². The van der Waals surface area contributed by atoms with Crippen LogP contribution in [0.4, 0.5) is 0 Å². The number of ether oxygens (including phenoxy) is 3. The fraction of sp³-hybridized carbons (Fsp3) is 0.556. The summed E-state index contributed by atoms with van der Waals surface area (Å²) in [6, 6.07) is 20.4. The highest BCUT2D eigenvalue weighted by Crippen LogP contribution is 2.61. The first-order chi connectivity index (χ1) is 15.9. The zero-order chi connectivity index (χ0) is 23.2. The molecule has 2 N–H and O–H groups in total. The van der Waals surface area contributed by atoms with Gasteiger partial charge in [0.15, 0.2) is 0 Å². The highest BCUT2D eigenvalue weighted by atomic mass is 127. The first kappa shape index (κ1) is 23.7. The van der Waals surface area contributed by atoms with E-state index in [2.05, 4.69) is 53.8 Å². The Bertz CT molecular complexity index is 925. The fourth-order valence-electron chi connectivity index (χ4n) is 6.44. The summed E-state index contributed by atoms with van der Waals surface area (Å²) in [5.74, 6) is 0.171. The van der Waals surface area contributed by atoms with Gasteiger partial charge in [-0.25, -0.2) is 0 Å². The van der Waals surface area contributed by atoms with E-state index in [1.54, 1.807) is 6.92 Å². The molecule has 0 amide bonds. The van der Waals surface area contributed by atoms with Gasteiger partial charge in [0, 0.05) is 11.8 Å². The van der Waals surface area contributed by atoms with Crippen LogP contribution in [0.5, 0.6) is 0 Å². The SMILES string of the molecule is C[C@H]1[C@@H](OCc2ccccc2)[C@@H]2O[C@]3([C@@H](C)O)[C@@H]([C@H]2C[C@H](O)[C@H]3I)[C@@H]1OCc1ccccc1. The van der Waals surface area contributed by atoms with Crippen LogP contribution in [0.3, 0.4) is 0 Å². The Morgan fingerprint density at radius 1 is 1.00 bits per heavy atom. The predicted octanol–water partition coefficient (Wildman–Crippen LogP) is 4.13. The first-order valence-corrected chi connectivity index (χ1v) is 13.2. The smallest absolute Gasteiger partial charge is 0.114 e. The largest absolute Gasteiger partial charge is 0.392 e. The zero-order valence-corrected chi connectivity index (χ0v) is 21.2. The van der Waals surface area contributed by atoms with E-state index < -0.39 is 17.8 Å². The molecule has 0 radical (unpaired) electrons. The van der Waals surface area contributed by atoms with Gasteiger partial charge in [0.05, 0.1) is 47.7 Å². The van der Waals surface area contributed by atoms with Crippen molar-refractivity contribution in [1.29, 1.82) is 0 Å². The summed E-state index contributed by atoms with van der Waals surface area (Å²) in [7, 11) is 0. The van der Waals surface area contributed by atoms with Crippen molar-refractivity contribution in [3.8, 4) is 0 Å². The Hall–Kier alpha value is -1.03. The normalized spacial score (nSPS) is 40.5. The average Bonchev–Trinajstić information content (AvgIpc) is 3.03. The maximum atomic E-state index is 11.0. The van der Waals surface area contributed by atoms with E-state index >= 15 is 0 Å². The molecule has 4 bridgehead atoms. The average molecular weight is 564 g/mol. The molecule has 178 valence electrons. The van der Waals surface area contributed by atoms with Gasteiger partial charge in [0.2, 0.25) is 0 Å². The van der Waals surface area contributed by atoms with Crippen LogP contribution in [0, 0.1) is 17.8 Å². The minimum absolute atomic E-state index is 0.00286. The molecule has 3 aliphatic rings. The Morgan fingerprint density at radius 2 is 1.55 bits per heavy atom. The molecule has 2 aliphatic carbocycles. The summed E-state index contributed by atoms with van der Waals surface area (Å²) in [4.78, 5) is 0. The van der Waals surface area contributed by atoms with Crippen molar-refractivity contribution in [2.75, 3.05) is 0 Å². The zero-order valence-electron chi connectivity index (χ0n) is 19.1. The van der Waals surface area contributed by atoms with Crippen LogP contribution in [0.2, 0.25) is 0 Å². The second kappa shape index (κ2) is 9.55. The molecule has 1 heterocycles. The molecule has 0 unspecified atom stereocenters. The van der Waals surface area contributed by atoms with Gasteiger partial charge in [0.25, 0.3) is 0 Å². The van der Waals surface area contributed by atoms with Crippen molar-refractivity contribution in [1.82, 2.24) is 0 Å². The Morgan fingerprint density at radius 3 is 2.09 bits per heavy atom. The first-order valence-electron chi connectivity index (χ1n) is 11.9. The molecular formula is C27H33IO5. The third-order valence-electron chi connectivity index (χ3n) is 7.96. The lowest BCUT2D eigenvalue weighted by atomic mass is 9.59. The molecule has 0 aromatic heterocycles. The van der Waals surface area contributed by atoms with E-state index in [-0.39, 0.29) is 40.0 Å². The van der Waals surface area contributed by atoms with Crippen molar-refractivity contribution in [3.05, 3.63) is 71.8 Å². The molecule has 3 fully saturated rings. The molecule has 10 atom stereocenters. The van der Waals surface area contributed by atoms with Crippen LogP contribution in [0.25, 0.3) is 0 Å². The van der Waals surface area contributed by atoms with Gasteiger partial charge in [-0.05, 0) is 30.4 Å². The summed E-state index contributed by atoms with van der Waals surface area (Å²) in [6.45, 7) is 4.97. The summed E-state index contributed by atoms with van der Waals surface area (Å²) >= 11 is 2.28. The molecule has 1 saturated heterocycles. The third-order valence-corrected chi connectivity index (χ3v) is 9.77. The van der Waals surface area contributed by atoms with Crippen LogP contribution >= 0.6 is 22.6 Å². The van der Waals surface area contributed by atoms with Crippen LogP contribution in [-0.4, -0.2) is 50.3 Å². The monoisotopic (exact) mass is 564 g/mol. The number of aliphatic hydroxyl groups is 2. The molecule has 5 rings (SSSR count). The lowest BCUT2D eigenvalue weighted by Crippen LogP contribution is -2.65. The molecule has 33 heavy (non-hydrogen) atoms. The molecular weight excluding hydrogens is 531 g/mol. The highest BCUT2D eigenvalue weighted by Gasteiger charge is 2.72. The molecule has 2 saturated carbocycles. The van der Waals surface area contributed by atoms with Gasteiger partial charge in [-0.1, -0.05) is 90.2 Å². The molecule has 0 spiro atoms. The van der Waals surface area contributed by atoms with Gasteiger partial charge < -0.3 is 24.4 Å². The highest BCUT2D eigenvalue weighted by molar-refractivity contribution is 14.1. The minimum Gasteiger partial charge on any atom is -0.392 e. The number of alkyl halides is 1. The van der Waals surface area contributed by atoms with E-state index in [9.17, 15) is 10.2 Å². The van der Waals surface area contributed by atoms with E-state index in [1.807, 2.05) is 36.4 Å². The minimum atomic E-state index is -0.853. The molecule has 6 heteroatoms. The van der Waals surface area contributed by atoms with Crippen molar-refractivity contribution < 1.29 is 24.4 Å². The topological polar surface area (TPSA) is 68.2 Å². The number of rotatable bonds is 7. The summed E-state index contributed by atoms with van der Waals surface area (Å²) in [5.41, 5.74) is 1.38. The standard InChI is InChI=1S/C27H33IO5/c1-16-23(31-14-18-9-5-3-6-10-18)22-20-13-21(30)26(28)27(22,17(2)29)33-25(20)24(16)32-15-19-11-7-4-8-12-19/h3-12,16-17,20-26,29-30H,13-15H2,1-2H3/t16-,17-,20-,21+,22+,23-,24-,25-,26-,27-/m1/s1. The quantitative estimate of drug-likeness (QED) is 0.391. The van der Waals surface area contributed by atoms with Crippen LogP contribution in [-0.2, 0) is 27.4 Å². The maximum absolute atomic E-state index is 11.0. The summed E-state index contributed by atoms with van der Waals surface area (Å²) in [5, 5.41) is 21.9. The van der Waals surface area contributed by atoms with E-state index in [0.29, 0.717) is 19.6 Å². The maximum Gasteiger partial charge on any atom is 0.114 e. The van der Waals surface area contributed by atoms with Crippen LogP contribution in [0.15, 0.2) is 60.7 Å². The fourth-order valence-corrected chi connectivity index (χ4v) is 7.81. The molecule has 2 aromatic rings. The molecule has 1 aliphatic heterocycles. The Kier molecular flexibility index (Phi) is 6.86. The molecule has 5 nitrogen and oxygen atoms in total. The number of halogens is 1. The number of aliphatic hydroxyl groups excluding tert-OH is 2. The van der Waals surface area contributed by atoms with Crippen molar-refractivity contribution in [3.63, 3.8) is 0 Å². The number of hydrogen-bond donors (Lipinski definition) is 2. The molecule has 2 aromatic carbocycles. The van der Waals surface area contributed by atoms with Crippen molar-refractivity contribution in [2.45, 2.75) is 73.5 Å². The van der Waals surface area contributed by atoms with Gasteiger partial charge in [-0.15, -0.1) is 0 Å². The third kappa shape index (κ3) is 4.06. The Labute approximate surface area is 209 Å². The summed E-state index contributed by atoms with van der Waals surface area (Å²) in [6.07, 6.45) is -1.11. The lowest BCUT2D eigenvalue weighted by molar-refractivity contribution is -0.160.